The van der Waals surface area contributed by atoms with E-state index in [9.17, 15) is 18.7 Å². The van der Waals surface area contributed by atoms with Crippen molar-refractivity contribution < 1.29 is 23.2 Å². The molecule has 0 spiro atoms. The number of aromatic nitrogens is 1. The number of piperidine rings is 1. The number of likely N-dealkylation sites (tertiary alicyclic amines) is 1. The van der Waals surface area contributed by atoms with Crippen LogP contribution in [-0.4, -0.2) is 51.7 Å². The molecule has 1 aliphatic heterocycles. The second-order valence-corrected chi connectivity index (χ2v) is 6.74. The van der Waals surface area contributed by atoms with Gasteiger partial charge in [0, 0.05) is 37.8 Å². The van der Waals surface area contributed by atoms with E-state index in [4.69, 9.17) is 4.52 Å². The maximum atomic E-state index is 13.9. The van der Waals surface area contributed by atoms with Crippen molar-refractivity contribution >= 4 is 5.91 Å². The summed E-state index contributed by atoms with van der Waals surface area (Å²) >= 11 is 0. The summed E-state index contributed by atoms with van der Waals surface area (Å²) < 4.78 is 32.1. The third kappa shape index (κ3) is 3.91. The first-order valence-corrected chi connectivity index (χ1v) is 8.41. The van der Waals surface area contributed by atoms with Gasteiger partial charge >= 0.3 is 0 Å². The summed E-state index contributed by atoms with van der Waals surface area (Å²) in [4.78, 5) is 15.9. The maximum Gasteiger partial charge on any atom is 0.256 e. The Bertz CT molecular complexity index is 769. The van der Waals surface area contributed by atoms with Gasteiger partial charge in [0.05, 0.1) is 5.69 Å². The highest BCUT2D eigenvalue weighted by Gasteiger charge is 2.43. The van der Waals surface area contributed by atoms with E-state index < -0.39 is 23.1 Å². The normalized spacial score (nSPS) is 20.8. The first kappa shape index (κ1) is 18.5. The molecule has 1 N–H and O–H groups in total. The van der Waals surface area contributed by atoms with E-state index in [0.29, 0.717) is 31.6 Å². The summed E-state index contributed by atoms with van der Waals surface area (Å²) in [5.74, 6) is -2.38. The van der Waals surface area contributed by atoms with Crippen molar-refractivity contribution in [2.75, 3.05) is 20.1 Å². The lowest BCUT2D eigenvalue weighted by atomic mass is 9.90. The monoisotopic (exact) mass is 365 g/mol. The van der Waals surface area contributed by atoms with E-state index in [2.05, 4.69) is 5.16 Å². The molecule has 0 radical (unpaired) electrons. The fourth-order valence-electron chi connectivity index (χ4n) is 3.34. The molecule has 140 valence electrons. The Labute approximate surface area is 150 Å². The van der Waals surface area contributed by atoms with E-state index in [0.717, 1.165) is 6.07 Å². The van der Waals surface area contributed by atoms with Gasteiger partial charge in [-0.3, -0.25) is 9.69 Å². The maximum absolute atomic E-state index is 13.9. The van der Waals surface area contributed by atoms with Crippen LogP contribution in [0.25, 0.3) is 0 Å². The summed E-state index contributed by atoms with van der Waals surface area (Å²) in [6.45, 7) is 0.854. The smallest absolute Gasteiger partial charge is 0.256 e. The van der Waals surface area contributed by atoms with Crippen molar-refractivity contribution in [3.63, 3.8) is 0 Å². The highest BCUT2D eigenvalue weighted by atomic mass is 19.2. The summed E-state index contributed by atoms with van der Waals surface area (Å²) in [6.07, 6.45) is 2.35. The minimum absolute atomic E-state index is 0.0717. The fourth-order valence-corrected chi connectivity index (χ4v) is 3.34. The molecule has 1 saturated heterocycles. The average molecular weight is 365 g/mol. The van der Waals surface area contributed by atoms with Gasteiger partial charge < -0.3 is 14.5 Å². The van der Waals surface area contributed by atoms with E-state index in [1.807, 2.05) is 0 Å². The highest BCUT2D eigenvalue weighted by molar-refractivity contribution is 5.86. The van der Waals surface area contributed by atoms with Gasteiger partial charge in [-0.1, -0.05) is 17.3 Å². The minimum Gasteiger partial charge on any atom is -0.379 e. The van der Waals surface area contributed by atoms with Crippen LogP contribution >= 0.6 is 0 Å². The van der Waals surface area contributed by atoms with Gasteiger partial charge in [0.2, 0.25) is 0 Å². The Morgan fingerprint density at radius 2 is 2.19 bits per heavy atom. The Morgan fingerprint density at radius 1 is 1.38 bits per heavy atom. The molecule has 0 saturated carbocycles. The number of likely N-dealkylation sites (N-methyl/N-ethyl adjacent to an activating group) is 1. The lowest BCUT2D eigenvalue weighted by molar-refractivity contribution is -0.160. The molecule has 1 aromatic heterocycles. The van der Waals surface area contributed by atoms with Crippen LogP contribution in [0.2, 0.25) is 0 Å². The van der Waals surface area contributed by atoms with Crippen molar-refractivity contribution in [3.05, 3.63) is 53.4 Å². The molecule has 26 heavy (non-hydrogen) atoms. The van der Waals surface area contributed by atoms with E-state index in [-0.39, 0.29) is 18.7 Å². The van der Waals surface area contributed by atoms with E-state index in [1.165, 1.54) is 23.3 Å². The minimum atomic E-state index is -1.57. The highest BCUT2D eigenvalue weighted by Crippen LogP contribution is 2.26. The van der Waals surface area contributed by atoms with Crippen LogP contribution in [-0.2, 0) is 17.9 Å². The van der Waals surface area contributed by atoms with Crippen LogP contribution in [0.3, 0.4) is 0 Å². The number of nitrogens with zero attached hydrogens (tertiary/aromatic N) is 3. The molecule has 2 aromatic rings. The third-order valence-corrected chi connectivity index (χ3v) is 4.55. The number of carbonyl (C=O) groups is 1. The Hall–Kier alpha value is -2.32. The zero-order valence-corrected chi connectivity index (χ0v) is 14.5. The molecule has 6 nitrogen and oxygen atoms in total. The first-order chi connectivity index (χ1) is 12.4. The predicted octanol–water partition coefficient (Wildman–Crippen LogP) is 1.94. The van der Waals surface area contributed by atoms with Crippen LogP contribution < -0.4 is 0 Å². The average Bonchev–Trinajstić information content (AvgIpc) is 3.09. The SMILES string of the molecule is CN(Cc1ccon1)CC1(O)CCCN(Cc2cccc(F)c2F)C1=O. The molecule has 1 atom stereocenters. The quantitative estimate of drug-likeness (QED) is 0.847. The molecule has 1 fully saturated rings. The lowest BCUT2D eigenvalue weighted by Gasteiger charge is -2.40. The van der Waals surface area contributed by atoms with Crippen LogP contribution in [0.4, 0.5) is 8.78 Å². The number of carbonyl (C=O) groups excluding carboxylic acids is 1. The molecule has 3 rings (SSSR count). The number of hydrogen-bond donors (Lipinski definition) is 1. The van der Waals surface area contributed by atoms with Crippen molar-refractivity contribution in [2.45, 2.75) is 31.5 Å². The van der Waals surface area contributed by atoms with Crippen LogP contribution in [0, 0.1) is 11.6 Å². The zero-order valence-electron chi connectivity index (χ0n) is 14.5. The Balaban J connectivity index is 1.68. The van der Waals surface area contributed by atoms with E-state index in [1.54, 1.807) is 18.0 Å². The number of halogens is 2. The summed E-state index contributed by atoms with van der Waals surface area (Å²) in [5.41, 5.74) is -0.780. The second-order valence-electron chi connectivity index (χ2n) is 6.74. The van der Waals surface area contributed by atoms with Gasteiger partial charge in [0.15, 0.2) is 17.2 Å². The van der Waals surface area contributed by atoms with Crippen molar-refractivity contribution in [1.82, 2.24) is 15.0 Å². The van der Waals surface area contributed by atoms with Gasteiger partial charge in [-0.15, -0.1) is 0 Å². The molecular formula is C18H21F2N3O3. The Morgan fingerprint density at radius 3 is 2.92 bits per heavy atom. The molecule has 1 aromatic carbocycles. The number of benzene rings is 1. The number of hydrogen-bond acceptors (Lipinski definition) is 5. The Kier molecular flexibility index (Phi) is 5.33. The van der Waals surface area contributed by atoms with Gasteiger partial charge in [0.1, 0.15) is 6.26 Å². The van der Waals surface area contributed by atoms with Crippen LogP contribution in [0.1, 0.15) is 24.1 Å². The number of rotatable bonds is 6. The fraction of sp³-hybridized carbons (Fsp3) is 0.444. The van der Waals surface area contributed by atoms with Crippen molar-refractivity contribution in [1.29, 1.82) is 0 Å². The molecular weight excluding hydrogens is 344 g/mol. The zero-order chi connectivity index (χ0) is 18.7. The molecule has 1 amide bonds. The second kappa shape index (κ2) is 7.51. The van der Waals surface area contributed by atoms with Crippen molar-refractivity contribution in [3.8, 4) is 0 Å². The molecule has 0 bridgehead atoms. The largest absolute Gasteiger partial charge is 0.379 e. The van der Waals surface area contributed by atoms with Gasteiger partial charge in [-0.05, 0) is 26.0 Å². The molecule has 1 unspecified atom stereocenters. The van der Waals surface area contributed by atoms with Gasteiger partial charge in [-0.25, -0.2) is 8.78 Å². The molecule has 2 heterocycles. The molecule has 8 heteroatoms. The number of aliphatic hydroxyl groups is 1. The first-order valence-electron chi connectivity index (χ1n) is 8.41. The molecule has 0 aliphatic carbocycles. The third-order valence-electron chi connectivity index (χ3n) is 4.55. The predicted molar refractivity (Wildman–Crippen MR) is 88.8 cm³/mol. The van der Waals surface area contributed by atoms with E-state index >= 15 is 0 Å². The van der Waals surface area contributed by atoms with Crippen LogP contribution in [0.15, 0.2) is 35.1 Å². The van der Waals surface area contributed by atoms with Gasteiger partial charge in [-0.2, -0.15) is 0 Å². The summed E-state index contributed by atoms with van der Waals surface area (Å²) in [5, 5.41) is 14.7. The summed E-state index contributed by atoms with van der Waals surface area (Å²) in [7, 11) is 1.77. The lowest BCUT2D eigenvalue weighted by Crippen LogP contribution is -2.57. The number of amides is 1. The van der Waals surface area contributed by atoms with Crippen molar-refractivity contribution in [2.24, 2.45) is 0 Å². The van der Waals surface area contributed by atoms with Crippen LogP contribution in [0.5, 0.6) is 0 Å². The van der Waals surface area contributed by atoms with Gasteiger partial charge in [0.25, 0.3) is 5.91 Å². The standard InChI is InChI=1S/C18H21F2N3O3/c1-22(11-14-6-9-26-21-14)12-18(25)7-3-8-23(17(18)24)10-13-4-2-5-15(19)16(13)20/h2,4-6,9,25H,3,7-8,10-12H2,1H3. The topological polar surface area (TPSA) is 69.8 Å². The summed E-state index contributed by atoms with van der Waals surface area (Å²) in [6, 6.07) is 5.59. The molecule has 1 aliphatic rings.